The van der Waals surface area contributed by atoms with Crippen LogP contribution in [0.5, 0.6) is 5.75 Å². The first-order chi connectivity index (χ1) is 14.1. The molecule has 2 aromatic rings. The zero-order valence-electron chi connectivity index (χ0n) is 16.4. The highest BCUT2D eigenvalue weighted by atomic mass is 35.5. The third-order valence-electron chi connectivity index (χ3n) is 4.34. The van der Waals surface area contributed by atoms with E-state index in [1.165, 1.54) is 6.20 Å². The van der Waals surface area contributed by atoms with Crippen LogP contribution in [0.25, 0.3) is 0 Å². The van der Waals surface area contributed by atoms with Crippen molar-refractivity contribution in [2.75, 3.05) is 64.3 Å². The van der Waals surface area contributed by atoms with E-state index in [-0.39, 0.29) is 5.91 Å². The molecule has 9 nitrogen and oxygen atoms in total. The first-order valence-electron chi connectivity index (χ1n) is 9.20. The fourth-order valence-corrected chi connectivity index (χ4v) is 2.98. The quantitative estimate of drug-likeness (QED) is 0.627. The van der Waals surface area contributed by atoms with Crippen LogP contribution in [0.4, 0.5) is 17.5 Å². The highest BCUT2D eigenvalue weighted by Gasteiger charge is 2.20. The number of hydrogen-bond donors (Lipinski definition) is 2. The van der Waals surface area contributed by atoms with Crippen molar-refractivity contribution < 1.29 is 19.0 Å². The number of ether oxygens (including phenoxy) is 3. The van der Waals surface area contributed by atoms with Gasteiger partial charge in [0.2, 0.25) is 5.95 Å². The lowest BCUT2D eigenvalue weighted by atomic mass is 10.1. The number of carbonyl (C=O) groups is 1. The van der Waals surface area contributed by atoms with Crippen LogP contribution in [-0.2, 0) is 9.47 Å². The van der Waals surface area contributed by atoms with Crippen LogP contribution in [0.2, 0.25) is 5.02 Å². The van der Waals surface area contributed by atoms with Crippen LogP contribution in [0.15, 0.2) is 24.4 Å². The number of aromatic nitrogens is 2. The monoisotopic (exact) mass is 421 g/mol. The Kier molecular flexibility index (Phi) is 7.45. The van der Waals surface area contributed by atoms with Crippen molar-refractivity contribution in [3.63, 3.8) is 0 Å². The summed E-state index contributed by atoms with van der Waals surface area (Å²) in [4.78, 5) is 23.0. The second-order valence-electron chi connectivity index (χ2n) is 6.25. The number of benzene rings is 1. The van der Waals surface area contributed by atoms with Gasteiger partial charge >= 0.3 is 0 Å². The molecule has 156 valence electrons. The maximum Gasteiger partial charge on any atom is 0.254 e. The highest BCUT2D eigenvalue weighted by Crippen LogP contribution is 2.29. The van der Waals surface area contributed by atoms with Gasteiger partial charge in [0.1, 0.15) is 10.8 Å². The molecule has 1 saturated heterocycles. The van der Waals surface area contributed by atoms with E-state index < -0.39 is 0 Å². The van der Waals surface area contributed by atoms with Gasteiger partial charge < -0.3 is 29.7 Å². The van der Waals surface area contributed by atoms with Gasteiger partial charge in [-0.05, 0) is 18.2 Å². The summed E-state index contributed by atoms with van der Waals surface area (Å²) in [5, 5.41) is 6.60. The molecule has 2 heterocycles. The molecule has 3 rings (SSSR count). The molecule has 0 atom stereocenters. The molecular formula is C19H24ClN5O4. The lowest BCUT2D eigenvalue weighted by Crippen LogP contribution is -2.40. The van der Waals surface area contributed by atoms with Crippen LogP contribution in [0.3, 0.4) is 0 Å². The van der Waals surface area contributed by atoms with Gasteiger partial charge in [0.25, 0.3) is 5.91 Å². The number of anilines is 3. The number of hydrogen-bond acceptors (Lipinski definition) is 8. The molecule has 1 amide bonds. The van der Waals surface area contributed by atoms with Crippen molar-refractivity contribution in [3.8, 4) is 5.75 Å². The number of nitrogens with one attached hydrogen (secondary N) is 2. The number of rotatable bonds is 8. The van der Waals surface area contributed by atoms with Crippen LogP contribution >= 0.6 is 11.6 Å². The Morgan fingerprint density at radius 2 is 2.10 bits per heavy atom. The minimum absolute atomic E-state index is 0.0504. The fraction of sp³-hybridized carbons (Fsp3) is 0.421. The van der Waals surface area contributed by atoms with Gasteiger partial charge in [-0.1, -0.05) is 11.6 Å². The standard InChI is InChI=1S/C19H24ClN5O4/c1-27-8-5-21-17-14(20)12-22-19(24-17)23-15-4-3-13(11-16(15)28-2)18(26)25-6-9-29-10-7-25/h3-4,11-12H,5-10H2,1-2H3,(H2,21,22,23,24). The van der Waals surface area contributed by atoms with Crippen LogP contribution in [0, 0.1) is 0 Å². The molecule has 0 bridgehead atoms. The van der Waals surface area contributed by atoms with Crippen molar-refractivity contribution in [2.24, 2.45) is 0 Å². The molecule has 1 aliphatic rings. The Balaban J connectivity index is 1.75. The Hall–Kier alpha value is -2.62. The summed E-state index contributed by atoms with van der Waals surface area (Å²) >= 11 is 6.13. The lowest BCUT2D eigenvalue weighted by Gasteiger charge is -2.27. The SMILES string of the molecule is COCCNc1nc(Nc2ccc(C(=O)N3CCOCC3)cc2OC)ncc1Cl. The molecule has 10 heteroatoms. The number of methoxy groups -OCH3 is 2. The number of amides is 1. The van der Waals surface area contributed by atoms with Gasteiger partial charge in [0, 0.05) is 32.3 Å². The first-order valence-corrected chi connectivity index (χ1v) is 9.57. The van der Waals surface area contributed by atoms with Gasteiger partial charge in [0.05, 0.1) is 38.8 Å². The minimum Gasteiger partial charge on any atom is -0.495 e. The topological polar surface area (TPSA) is 97.8 Å². The summed E-state index contributed by atoms with van der Waals surface area (Å²) in [6, 6.07) is 5.21. The van der Waals surface area contributed by atoms with Crippen LogP contribution in [-0.4, -0.2) is 74.4 Å². The molecule has 1 aromatic heterocycles. The largest absolute Gasteiger partial charge is 0.495 e. The smallest absolute Gasteiger partial charge is 0.254 e. The predicted octanol–water partition coefficient (Wildman–Crippen LogP) is 2.41. The van der Waals surface area contributed by atoms with Gasteiger partial charge in [-0.2, -0.15) is 4.98 Å². The molecule has 0 aliphatic carbocycles. The van der Waals surface area contributed by atoms with Gasteiger partial charge in [-0.15, -0.1) is 0 Å². The van der Waals surface area contributed by atoms with E-state index in [0.717, 1.165) is 0 Å². The van der Waals surface area contributed by atoms with E-state index in [0.29, 0.717) is 73.2 Å². The van der Waals surface area contributed by atoms with Gasteiger partial charge in [0.15, 0.2) is 5.82 Å². The molecule has 2 N–H and O–H groups in total. The number of morpholine rings is 1. The molecule has 1 fully saturated rings. The van der Waals surface area contributed by atoms with Crippen molar-refractivity contribution in [1.29, 1.82) is 0 Å². The second-order valence-corrected chi connectivity index (χ2v) is 6.66. The Morgan fingerprint density at radius 3 is 2.83 bits per heavy atom. The summed E-state index contributed by atoms with van der Waals surface area (Å²) < 4.78 is 15.8. The third-order valence-corrected chi connectivity index (χ3v) is 4.61. The molecule has 0 unspecified atom stereocenters. The van der Waals surface area contributed by atoms with E-state index in [1.807, 2.05) is 0 Å². The molecule has 29 heavy (non-hydrogen) atoms. The maximum atomic E-state index is 12.7. The zero-order valence-corrected chi connectivity index (χ0v) is 17.2. The van der Waals surface area contributed by atoms with E-state index in [9.17, 15) is 4.79 Å². The molecule has 1 aliphatic heterocycles. The summed E-state index contributed by atoms with van der Waals surface area (Å²) in [6.45, 7) is 3.36. The Morgan fingerprint density at radius 1 is 1.31 bits per heavy atom. The molecule has 0 saturated carbocycles. The average molecular weight is 422 g/mol. The summed E-state index contributed by atoms with van der Waals surface area (Å²) in [5.74, 6) is 1.31. The summed E-state index contributed by atoms with van der Waals surface area (Å²) in [7, 11) is 3.17. The fourth-order valence-electron chi connectivity index (χ4n) is 2.82. The van der Waals surface area contributed by atoms with Crippen molar-refractivity contribution in [1.82, 2.24) is 14.9 Å². The van der Waals surface area contributed by atoms with Crippen LogP contribution in [0.1, 0.15) is 10.4 Å². The second kappa shape index (κ2) is 10.2. The number of halogens is 1. The van der Waals surface area contributed by atoms with E-state index >= 15 is 0 Å². The molecule has 0 radical (unpaired) electrons. The van der Waals surface area contributed by atoms with Gasteiger partial charge in [-0.3, -0.25) is 4.79 Å². The normalized spacial score (nSPS) is 13.8. The highest BCUT2D eigenvalue weighted by molar-refractivity contribution is 6.32. The summed E-state index contributed by atoms with van der Waals surface area (Å²) in [6.07, 6.45) is 1.51. The van der Waals surface area contributed by atoms with Crippen molar-refractivity contribution >= 4 is 35.0 Å². The zero-order chi connectivity index (χ0) is 20.6. The number of carbonyl (C=O) groups excluding carboxylic acids is 1. The van der Waals surface area contributed by atoms with Crippen molar-refractivity contribution in [2.45, 2.75) is 0 Å². The Bertz CT molecular complexity index is 845. The van der Waals surface area contributed by atoms with E-state index in [4.69, 9.17) is 25.8 Å². The Labute approximate surface area is 174 Å². The minimum atomic E-state index is -0.0504. The molecule has 1 aromatic carbocycles. The molecule has 0 spiro atoms. The van der Waals surface area contributed by atoms with Crippen LogP contribution < -0.4 is 15.4 Å². The van der Waals surface area contributed by atoms with E-state index in [2.05, 4.69) is 20.6 Å². The summed E-state index contributed by atoms with van der Waals surface area (Å²) in [5.41, 5.74) is 1.18. The maximum absolute atomic E-state index is 12.7. The third kappa shape index (κ3) is 5.47. The van der Waals surface area contributed by atoms with Gasteiger partial charge in [-0.25, -0.2) is 4.98 Å². The first kappa shape index (κ1) is 21.1. The predicted molar refractivity (Wildman–Crippen MR) is 110 cm³/mol. The lowest BCUT2D eigenvalue weighted by molar-refractivity contribution is 0.0302. The van der Waals surface area contributed by atoms with E-state index in [1.54, 1.807) is 37.3 Å². The number of nitrogens with zero attached hydrogens (tertiary/aromatic N) is 3. The average Bonchev–Trinajstić information content (AvgIpc) is 2.76. The molecular weight excluding hydrogens is 398 g/mol. The van der Waals surface area contributed by atoms with Crippen molar-refractivity contribution in [3.05, 3.63) is 35.0 Å².